The summed E-state index contributed by atoms with van der Waals surface area (Å²) in [6, 6.07) is 4.42. The number of hydrogen-bond donors (Lipinski definition) is 1. The predicted molar refractivity (Wildman–Crippen MR) is 86.1 cm³/mol. The van der Waals surface area contributed by atoms with Crippen LogP contribution in [0, 0.1) is 26.7 Å². The lowest BCUT2D eigenvalue weighted by Crippen LogP contribution is -2.18. The summed E-state index contributed by atoms with van der Waals surface area (Å²) in [7, 11) is 0. The molecule has 2 aromatic rings. The minimum Gasteiger partial charge on any atom is -0.310 e. The normalized spacial score (nSPS) is 11.3. The first-order valence-electron chi connectivity index (χ1n) is 7.08. The van der Waals surface area contributed by atoms with Crippen molar-refractivity contribution in [2.24, 2.45) is 5.92 Å². The van der Waals surface area contributed by atoms with Crippen LogP contribution >= 0.6 is 11.3 Å². The Labute approximate surface area is 125 Å². The molecular weight excluding hydrogens is 266 g/mol. The van der Waals surface area contributed by atoms with Crippen molar-refractivity contribution in [2.45, 2.75) is 41.2 Å². The van der Waals surface area contributed by atoms with E-state index in [-0.39, 0.29) is 0 Å². The molecular formula is C16H23N3S. The Balaban J connectivity index is 2.17. The number of benzene rings is 1. The molecule has 0 spiro atoms. The van der Waals surface area contributed by atoms with Crippen LogP contribution in [-0.2, 0) is 6.54 Å². The summed E-state index contributed by atoms with van der Waals surface area (Å²) in [5, 5.41) is 14.2. The Hall–Kier alpha value is -1.26. The van der Waals surface area contributed by atoms with Gasteiger partial charge < -0.3 is 5.32 Å². The first kappa shape index (κ1) is 15.1. The summed E-state index contributed by atoms with van der Waals surface area (Å²) >= 11 is 1.69. The van der Waals surface area contributed by atoms with E-state index in [9.17, 15) is 0 Å². The van der Waals surface area contributed by atoms with Crippen molar-refractivity contribution in [3.8, 4) is 10.6 Å². The standard InChI is InChI=1S/C16H23N3S/c1-10(2)8-17-9-14-18-19-16(20-14)15-12(4)6-11(3)7-13(15)5/h6-7,10,17H,8-9H2,1-5H3. The Kier molecular flexibility index (Phi) is 4.89. The second-order valence-corrected chi connectivity index (χ2v) is 6.86. The Morgan fingerprint density at radius 2 is 1.75 bits per heavy atom. The zero-order valence-corrected chi connectivity index (χ0v) is 13.8. The Bertz CT molecular complexity index is 564. The van der Waals surface area contributed by atoms with Crippen molar-refractivity contribution in [1.29, 1.82) is 0 Å². The largest absolute Gasteiger partial charge is 0.310 e. The highest BCUT2D eigenvalue weighted by Gasteiger charge is 2.12. The van der Waals surface area contributed by atoms with Gasteiger partial charge in [-0.05, 0) is 44.4 Å². The maximum atomic E-state index is 4.36. The molecule has 0 fully saturated rings. The van der Waals surface area contributed by atoms with Gasteiger partial charge in [-0.1, -0.05) is 42.9 Å². The van der Waals surface area contributed by atoms with Crippen molar-refractivity contribution in [3.63, 3.8) is 0 Å². The lowest BCUT2D eigenvalue weighted by molar-refractivity contribution is 0.550. The Morgan fingerprint density at radius 1 is 1.10 bits per heavy atom. The molecule has 0 radical (unpaired) electrons. The van der Waals surface area contributed by atoms with E-state index < -0.39 is 0 Å². The average molecular weight is 289 g/mol. The fourth-order valence-electron chi connectivity index (χ4n) is 2.41. The minimum atomic E-state index is 0.656. The summed E-state index contributed by atoms with van der Waals surface area (Å²) in [6.07, 6.45) is 0. The zero-order valence-electron chi connectivity index (χ0n) is 12.9. The van der Waals surface area contributed by atoms with E-state index in [0.29, 0.717) is 5.92 Å². The highest BCUT2D eigenvalue weighted by Crippen LogP contribution is 2.30. The van der Waals surface area contributed by atoms with Crippen LogP contribution in [0.2, 0.25) is 0 Å². The van der Waals surface area contributed by atoms with Gasteiger partial charge in [0.2, 0.25) is 0 Å². The molecule has 0 bridgehead atoms. The van der Waals surface area contributed by atoms with E-state index in [4.69, 9.17) is 0 Å². The van der Waals surface area contributed by atoms with Crippen LogP contribution in [0.4, 0.5) is 0 Å². The molecule has 1 aromatic carbocycles. The molecule has 1 heterocycles. The highest BCUT2D eigenvalue weighted by atomic mass is 32.1. The van der Waals surface area contributed by atoms with Gasteiger partial charge in [-0.2, -0.15) is 0 Å². The monoisotopic (exact) mass is 289 g/mol. The third kappa shape index (κ3) is 3.64. The molecule has 1 N–H and O–H groups in total. The topological polar surface area (TPSA) is 37.8 Å². The van der Waals surface area contributed by atoms with Crippen molar-refractivity contribution < 1.29 is 0 Å². The SMILES string of the molecule is Cc1cc(C)c(-c2nnc(CNCC(C)C)s2)c(C)c1. The molecule has 0 unspecified atom stereocenters. The molecule has 108 valence electrons. The number of rotatable bonds is 5. The van der Waals surface area contributed by atoms with Gasteiger partial charge in [-0.3, -0.25) is 0 Å². The van der Waals surface area contributed by atoms with Gasteiger partial charge in [0.25, 0.3) is 0 Å². The second kappa shape index (κ2) is 6.46. The smallest absolute Gasteiger partial charge is 0.148 e. The van der Waals surface area contributed by atoms with Gasteiger partial charge in [-0.15, -0.1) is 10.2 Å². The fourth-order valence-corrected chi connectivity index (χ4v) is 3.40. The van der Waals surface area contributed by atoms with Crippen molar-refractivity contribution >= 4 is 11.3 Å². The number of aryl methyl sites for hydroxylation is 3. The van der Waals surface area contributed by atoms with Gasteiger partial charge in [0.15, 0.2) is 0 Å². The molecule has 0 saturated heterocycles. The molecule has 0 aliphatic heterocycles. The van der Waals surface area contributed by atoms with Gasteiger partial charge in [0.05, 0.1) is 0 Å². The summed E-state index contributed by atoms with van der Waals surface area (Å²) in [5.74, 6) is 0.656. The van der Waals surface area contributed by atoms with E-state index in [1.165, 1.54) is 22.3 Å². The lowest BCUT2D eigenvalue weighted by Gasteiger charge is -2.07. The van der Waals surface area contributed by atoms with Crippen LogP contribution in [0.3, 0.4) is 0 Å². The predicted octanol–water partition coefficient (Wildman–Crippen LogP) is 3.88. The van der Waals surface area contributed by atoms with Gasteiger partial charge in [0.1, 0.15) is 10.0 Å². The molecule has 0 aliphatic carbocycles. The van der Waals surface area contributed by atoms with Crippen LogP contribution in [0.5, 0.6) is 0 Å². The number of hydrogen-bond acceptors (Lipinski definition) is 4. The van der Waals surface area contributed by atoms with E-state index in [0.717, 1.165) is 23.1 Å². The van der Waals surface area contributed by atoms with Crippen molar-refractivity contribution in [3.05, 3.63) is 33.8 Å². The summed E-state index contributed by atoms with van der Waals surface area (Å²) in [4.78, 5) is 0. The first-order valence-corrected chi connectivity index (χ1v) is 7.90. The molecule has 0 atom stereocenters. The molecule has 2 rings (SSSR count). The Morgan fingerprint density at radius 3 is 2.35 bits per heavy atom. The summed E-state index contributed by atoms with van der Waals surface area (Å²) in [6.45, 7) is 12.7. The van der Waals surface area contributed by atoms with Crippen molar-refractivity contribution in [1.82, 2.24) is 15.5 Å². The van der Waals surface area contributed by atoms with E-state index in [1.807, 2.05) is 0 Å². The third-order valence-electron chi connectivity index (χ3n) is 3.19. The van der Waals surface area contributed by atoms with Gasteiger partial charge in [0, 0.05) is 12.1 Å². The molecule has 1 aromatic heterocycles. The van der Waals surface area contributed by atoms with Crippen LogP contribution in [0.15, 0.2) is 12.1 Å². The highest BCUT2D eigenvalue weighted by molar-refractivity contribution is 7.14. The lowest BCUT2D eigenvalue weighted by atomic mass is 10.0. The molecule has 0 saturated carbocycles. The van der Waals surface area contributed by atoms with Crippen LogP contribution < -0.4 is 5.32 Å². The van der Waals surface area contributed by atoms with Crippen LogP contribution in [0.1, 0.15) is 35.5 Å². The van der Waals surface area contributed by atoms with Gasteiger partial charge in [-0.25, -0.2) is 0 Å². The van der Waals surface area contributed by atoms with E-state index in [2.05, 4.69) is 62.3 Å². The molecule has 0 aliphatic rings. The quantitative estimate of drug-likeness (QED) is 0.908. The average Bonchev–Trinajstić information content (AvgIpc) is 2.75. The maximum Gasteiger partial charge on any atom is 0.148 e. The number of nitrogens with zero attached hydrogens (tertiary/aromatic N) is 2. The number of nitrogens with one attached hydrogen (secondary N) is 1. The first-order chi connectivity index (χ1) is 9.47. The molecule has 0 amide bonds. The molecule has 3 nitrogen and oxygen atoms in total. The fraction of sp³-hybridized carbons (Fsp3) is 0.500. The van der Waals surface area contributed by atoms with E-state index >= 15 is 0 Å². The second-order valence-electron chi connectivity index (χ2n) is 5.80. The number of aromatic nitrogens is 2. The minimum absolute atomic E-state index is 0.656. The molecule has 20 heavy (non-hydrogen) atoms. The summed E-state index contributed by atoms with van der Waals surface area (Å²) in [5.41, 5.74) is 5.09. The third-order valence-corrected chi connectivity index (χ3v) is 4.13. The zero-order chi connectivity index (χ0) is 14.7. The summed E-state index contributed by atoms with van der Waals surface area (Å²) < 4.78 is 0. The van der Waals surface area contributed by atoms with Crippen LogP contribution in [-0.4, -0.2) is 16.7 Å². The maximum absolute atomic E-state index is 4.36. The van der Waals surface area contributed by atoms with E-state index in [1.54, 1.807) is 11.3 Å². The van der Waals surface area contributed by atoms with Crippen molar-refractivity contribution in [2.75, 3.05) is 6.54 Å². The van der Waals surface area contributed by atoms with Crippen LogP contribution in [0.25, 0.3) is 10.6 Å². The van der Waals surface area contributed by atoms with Gasteiger partial charge >= 0.3 is 0 Å². The molecule has 4 heteroatoms.